The van der Waals surface area contributed by atoms with Crippen LogP contribution in [0.15, 0.2) is 29.6 Å². The number of hydrogen-bond donors (Lipinski definition) is 1. The fraction of sp³-hybridized carbons (Fsp3) is 0.333. The normalized spacial score (nSPS) is 16.5. The van der Waals surface area contributed by atoms with Crippen molar-refractivity contribution in [2.45, 2.75) is 31.6 Å². The van der Waals surface area contributed by atoms with E-state index in [4.69, 9.17) is 11.6 Å². The smallest absolute Gasteiger partial charge is 0.236 e. The highest BCUT2D eigenvalue weighted by molar-refractivity contribution is 7.13. The lowest BCUT2D eigenvalue weighted by Crippen LogP contribution is -2.45. The molecular weight excluding hydrogens is 292 g/mol. The topological polar surface area (TPSA) is 42.0 Å². The fourth-order valence-corrected chi connectivity index (χ4v) is 3.38. The van der Waals surface area contributed by atoms with Crippen LogP contribution in [0.2, 0.25) is 5.02 Å². The van der Waals surface area contributed by atoms with Crippen molar-refractivity contribution >= 4 is 34.0 Å². The second kappa shape index (κ2) is 5.19. The molecule has 1 amide bonds. The number of aromatic nitrogens is 1. The molecule has 3 nitrogen and oxygen atoms in total. The highest BCUT2D eigenvalue weighted by atomic mass is 35.5. The van der Waals surface area contributed by atoms with Gasteiger partial charge in [0.25, 0.3) is 0 Å². The number of anilines is 1. The van der Waals surface area contributed by atoms with Crippen LogP contribution in [0.1, 0.15) is 30.5 Å². The van der Waals surface area contributed by atoms with Gasteiger partial charge in [-0.1, -0.05) is 30.2 Å². The van der Waals surface area contributed by atoms with Crippen LogP contribution in [0.4, 0.5) is 5.13 Å². The predicted molar refractivity (Wildman–Crippen MR) is 82.5 cm³/mol. The van der Waals surface area contributed by atoms with Crippen LogP contribution in [0.25, 0.3) is 0 Å². The average Bonchev–Trinajstić information content (AvgIpc) is 2.76. The minimum atomic E-state index is -0.413. The Kier molecular flexibility index (Phi) is 3.52. The van der Waals surface area contributed by atoms with Crippen molar-refractivity contribution < 1.29 is 4.79 Å². The number of thiazole rings is 1. The predicted octanol–water partition coefficient (Wildman–Crippen LogP) is 4.17. The molecule has 2 aromatic rings. The molecule has 0 bridgehead atoms. The van der Waals surface area contributed by atoms with Crippen LogP contribution in [-0.4, -0.2) is 10.9 Å². The van der Waals surface area contributed by atoms with E-state index in [-0.39, 0.29) is 5.91 Å². The third-order valence-electron chi connectivity index (χ3n) is 3.88. The zero-order valence-electron chi connectivity index (χ0n) is 11.1. The molecule has 1 aromatic heterocycles. The van der Waals surface area contributed by atoms with Gasteiger partial charge in [-0.05, 0) is 37.5 Å². The van der Waals surface area contributed by atoms with E-state index < -0.39 is 5.41 Å². The Hall–Kier alpha value is -1.39. The van der Waals surface area contributed by atoms with E-state index >= 15 is 0 Å². The quantitative estimate of drug-likeness (QED) is 0.925. The number of rotatable bonds is 3. The second-order valence-corrected chi connectivity index (χ2v) is 6.49. The third kappa shape index (κ3) is 2.34. The first-order valence-electron chi connectivity index (χ1n) is 6.60. The van der Waals surface area contributed by atoms with Gasteiger partial charge in [-0.3, -0.25) is 4.79 Å². The SMILES string of the molecule is Cc1csc(NC(=O)C2(c3ccc(Cl)cc3)CCC2)n1. The van der Waals surface area contributed by atoms with E-state index in [1.165, 1.54) is 11.3 Å². The third-order valence-corrected chi connectivity index (χ3v) is 5.01. The first-order valence-corrected chi connectivity index (χ1v) is 7.85. The first kappa shape index (κ1) is 13.6. The summed E-state index contributed by atoms with van der Waals surface area (Å²) in [6, 6.07) is 7.60. The average molecular weight is 307 g/mol. The lowest BCUT2D eigenvalue weighted by Gasteiger charge is -2.40. The van der Waals surface area contributed by atoms with Gasteiger partial charge in [0.2, 0.25) is 5.91 Å². The Labute approximate surface area is 127 Å². The van der Waals surface area contributed by atoms with Gasteiger partial charge >= 0.3 is 0 Å². The Morgan fingerprint density at radius 3 is 2.55 bits per heavy atom. The van der Waals surface area contributed by atoms with E-state index in [1.54, 1.807) is 0 Å². The minimum absolute atomic E-state index is 0.0421. The summed E-state index contributed by atoms with van der Waals surface area (Å²) in [5, 5.41) is 6.26. The monoisotopic (exact) mass is 306 g/mol. The van der Waals surface area contributed by atoms with Gasteiger partial charge in [-0.2, -0.15) is 0 Å². The number of carbonyl (C=O) groups is 1. The summed E-state index contributed by atoms with van der Waals surface area (Å²) in [6.07, 6.45) is 2.84. The number of benzene rings is 1. The highest BCUT2D eigenvalue weighted by Gasteiger charge is 2.45. The lowest BCUT2D eigenvalue weighted by atomic mass is 9.64. The van der Waals surface area contributed by atoms with E-state index in [0.29, 0.717) is 10.2 Å². The number of nitrogens with one attached hydrogen (secondary N) is 1. The summed E-state index contributed by atoms with van der Waals surface area (Å²) in [5.74, 6) is 0.0421. The van der Waals surface area contributed by atoms with Crippen LogP contribution in [0.3, 0.4) is 0 Å². The van der Waals surface area contributed by atoms with Gasteiger partial charge in [0.05, 0.1) is 11.1 Å². The van der Waals surface area contributed by atoms with Crippen molar-refractivity contribution in [3.63, 3.8) is 0 Å². The molecule has 0 radical (unpaired) electrons. The molecule has 1 heterocycles. The van der Waals surface area contributed by atoms with Crippen LogP contribution < -0.4 is 5.32 Å². The van der Waals surface area contributed by atoms with Crippen molar-refractivity contribution in [1.29, 1.82) is 0 Å². The molecule has 3 rings (SSSR count). The molecule has 1 aliphatic rings. The van der Waals surface area contributed by atoms with Gasteiger partial charge < -0.3 is 5.32 Å². The van der Waals surface area contributed by atoms with E-state index in [9.17, 15) is 4.79 Å². The second-order valence-electron chi connectivity index (χ2n) is 5.19. The minimum Gasteiger partial charge on any atom is -0.301 e. The molecule has 0 saturated heterocycles. The standard InChI is InChI=1S/C15H15ClN2OS/c1-10-9-20-14(17-10)18-13(19)15(7-2-8-15)11-3-5-12(16)6-4-11/h3-6,9H,2,7-8H2,1H3,(H,17,18,19). The Morgan fingerprint density at radius 2 is 2.05 bits per heavy atom. The highest BCUT2D eigenvalue weighted by Crippen LogP contribution is 2.45. The van der Waals surface area contributed by atoms with Crippen LogP contribution in [-0.2, 0) is 10.2 Å². The molecule has 0 atom stereocenters. The van der Waals surface area contributed by atoms with Crippen LogP contribution in [0, 0.1) is 6.92 Å². The molecular formula is C15H15ClN2OS. The maximum Gasteiger partial charge on any atom is 0.236 e. The van der Waals surface area contributed by atoms with Crippen molar-refractivity contribution in [2.24, 2.45) is 0 Å². The maximum absolute atomic E-state index is 12.6. The van der Waals surface area contributed by atoms with E-state index in [1.807, 2.05) is 36.6 Å². The molecule has 1 saturated carbocycles. The fourth-order valence-electron chi connectivity index (χ4n) is 2.57. The zero-order chi connectivity index (χ0) is 14.2. The molecule has 1 aromatic carbocycles. The first-order chi connectivity index (χ1) is 9.60. The summed E-state index contributed by atoms with van der Waals surface area (Å²) in [6.45, 7) is 1.92. The summed E-state index contributed by atoms with van der Waals surface area (Å²) >= 11 is 7.39. The van der Waals surface area contributed by atoms with Crippen molar-refractivity contribution in [3.8, 4) is 0 Å². The summed E-state index contributed by atoms with van der Waals surface area (Å²) in [4.78, 5) is 16.9. The van der Waals surface area contributed by atoms with Gasteiger partial charge in [-0.15, -0.1) is 11.3 Å². The summed E-state index contributed by atoms with van der Waals surface area (Å²) in [7, 11) is 0. The summed E-state index contributed by atoms with van der Waals surface area (Å²) in [5.41, 5.74) is 1.56. The number of amides is 1. The molecule has 5 heteroatoms. The van der Waals surface area contributed by atoms with Gasteiger partial charge in [-0.25, -0.2) is 4.98 Å². The molecule has 0 aliphatic heterocycles. The molecule has 1 N–H and O–H groups in total. The van der Waals surface area contributed by atoms with Gasteiger partial charge in [0.15, 0.2) is 5.13 Å². The molecule has 0 spiro atoms. The maximum atomic E-state index is 12.6. The van der Waals surface area contributed by atoms with Crippen molar-refractivity contribution in [1.82, 2.24) is 4.98 Å². The molecule has 104 valence electrons. The Morgan fingerprint density at radius 1 is 1.35 bits per heavy atom. The largest absolute Gasteiger partial charge is 0.301 e. The lowest BCUT2D eigenvalue weighted by molar-refractivity contribution is -0.124. The zero-order valence-corrected chi connectivity index (χ0v) is 12.7. The Bertz CT molecular complexity index is 632. The number of halogens is 1. The van der Waals surface area contributed by atoms with Gasteiger partial charge in [0, 0.05) is 10.4 Å². The number of aryl methyl sites for hydroxylation is 1. The van der Waals surface area contributed by atoms with Crippen molar-refractivity contribution in [2.75, 3.05) is 5.32 Å². The summed E-state index contributed by atoms with van der Waals surface area (Å²) < 4.78 is 0. The molecule has 20 heavy (non-hydrogen) atoms. The van der Waals surface area contributed by atoms with Crippen LogP contribution >= 0.6 is 22.9 Å². The number of carbonyl (C=O) groups excluding carboxylic acids is 1. The van der Waals surface area contributed by atoms with E-state index in [2.05, 4.69) is 10.3 Å². The van der Waals surface area contributed by atoms with Crippen LogP contribution in [0.5, 0.6) is 0 Å². The van der Waals surface area contributed by atoms with Gasteiger partial charge in [0.1, 0.15) is 0 Å². The Balaban J connectivity index is 1.85. The number of hydrogen-bond acceptors (Lipinski definition) is 3. The molecule has 1 fully saturated rings. The number of nitrogens with zero attached hydrogens (tertiary/aromatic N) is 1. The van der Waals surface area contributed by atoms with Crippen molar-refractivity contribution in [3.05, 3.63) is 45.9 Å². The molecule has 1 aliphatic carbocycles. The molecule has 0 unspecified atom stereocenters. The van der Waals surface area contributed by atoms with E-state index in [0.717, 1.165) is 30.5 Å².